The molecule has 0 spiro atoms. The lowest BCUT2D eigenvalue weighted by atomic mass is 10.1. The lowest BCUT2D eigenvalue weighted by molar-refractivity contribution is -0.117. The molecule has 8 nitrogen and oxygen atoms in total. The first-order chi connectivity index (χ1) is 20.8. The Morgan fingerprint density at radius 1 is 0.955 bits per heavy atom. The van der Waals surface area contributed by atoms with Gasteiger partial charge in [0.1, 0.15) is 22.8 Å². The van der Waals surface area contributed by atoms with E-state index in [1.165, 1.54) is 19.6 Å². The minimum Gasteiger partial charge on any atom is -0.496 e. The zero-order valence-electron chi connectivity index (χ0n) is 24.0. The Labute approximate surface area is 276 Å². The Bertz CT molecular complexity index is 1600. The summed E-state index contributed by atoms with van der Waals surface area (Å²) in [6.07, 6.45) is 3.35. The molecule has 4 aromatic carbocycles. The van der Waals surface area contributed by atoms with Gasteiger partial charge in [0.05, 0.1) is 30.6 Å². The predicted molar refractivity (Wildman–Crippen MR) is 180 cm³/mol. The zero-order valence-corrected chi connectivity index (χ0v) is 27.1. The molecule has 0 atom stereocenters. The molecule has 2 N–H and O–H groups in total. The minimum absolute atomic E-state index is 0. The maximum atomic E-state index is 14.1. The van der Waals surface area contributed by atoms with Crippen LogP contribution in [0, 0.1) is 0 Å². The van der Waals surface area contributed by atoms with Crippen molar-refractivity contribution >= 4 is 68.9 Å². The lowest BCUT2D eigenvalue weighted by Gasteiger charge is -2.34. The Morgan fingerprint density at radius 2 is 1.59 bits per heavy atom. The van der Waals surface area contributed by atoms with Gasteiger partial charge >= 0.3 is 5.97 Å². The highest BCUT2D eigenvalue weighted by Gasteiger charge is 2.25. The van der Waals surface area contributed by atoms with E-state index in [0.29, 0.717) is 32.2 Å². The first kappa shape index (κ1) is 33.0. The summed E-state index contributed by atoms with van der Waals surface area (Å²) in [4.78, 5) is 28.1. The van der Waals surface area contributed by atoms with Crippen LogP contribution in [0.4, 0.5) is 17.1 Å². The van der Waals surface area contributed by atoms with Crippen LogP contribution in [0.3, 0.4) is 0 Å². The van der Waals surface area contributed by atoms with Crippen molar-refractivity contribution in [1.29, 1.82) is 0 Å². The Hall–Kier alpha value is -3.92. The Kier molecular flexibility index (Phi) is 11.4. The van der Waals surface area contributed by atoms with E-state index in [1.807, 2.05) is 48.5 Å². The average molecular weight is 701 g/mol. The summed E-state index contributed by atoms with van der Waals surface area (Å²) in [6.45, 7) is 1.82. The quantitative estimate of drug-likeness (QED) is 0.160. The number of carboxylic acid groups (broad SMARTS) is 1. The fraction of sp³-hybridized carbons (Fsp3) is 0.212. The molecule has 1 aliphatic heterocycles. The van der Waals surface area contributed by atoms with Crippen LogP contribution in [0.5, 0.6) is 17.2 Å². The smallest absolute Gasteiger partial charge is 0.339 e. The van der Waals surface area contributed by atoms with Crippen LogP contribution in [0.25, 0.3) is 0 Å². The van der Waals surface area contributed by atoms with Crippen LogP contribution in [0.15, 0.2) is 89.4 Å². The second kappa shape index (κ2) is 15.2. The summed E-state index contributed by atoms with van der Waals surface area (Å²) in [6, 6.07) is 25.3. The monoisotopic (exact) mass is 699 g/mol. The third kappa shape index (κ3) is 7.96. The van der Waals surface area contributed by atoms with E-state index < -0.39 is 5.97 Å². The molecule has 230 valence electrons. The summed E-state index contributed by atoms with van der Waals surface area (Å²) in [5.41, 5.74) is 6.29. The molecule has 4 aromatic rings. The summed E-state index contributed by atoms with van der Waals surface area (Å²) >= 11 is 9.44. The number of aromatic carboxylic acids is 1. The fourth-order valence-electron chi connectivity index (χ4n) is 4.99. The molecule has 11 heteroatoms. The first-order valence-corrected chi connectivity index (χ1v) is 15.1. The topological polar surface area (TPSA) is 91.3 Å². The molecule has 1 saturated heterocycles. The number of nitrogens with zero attached hydrogens (tertiary/aromatic N) is 2. The number of nitrogens with one attached hydrogen (secondary N) is 1. The molecule has 1 aliphatic rings. The van der Waals surface area contributed by atoms with Crippen molar-refractivity contribution in [3.05, 3.63) is 106 Å². The van der Waals surface area contributed by atoms with Gasteiger partial charge in [0.15, 0.2) is 0 Å². The molecular weight excluding hydrogens is 669 g/mol. The second-order valence-corrected chi connectivity index (χ2v) is 11.4. The second-order valence-electron chi connectivity index (χ2n) is 10.1. The van der Waals surface area contributed by atoms with Crippen molar-refractivity contribution in [3.63, 3.8) is 0 Å². The highest BCUT2D eigenvalue weighted by atomic mass is 79.9. The number of rotatable bonds is 10. The molecule has 0 aromatic heterocycles. The van der Waals surface area contributed by atoms with Gasteiger partial charge in [-0.05, 0) is 97.6 Å². The highest BCUT2D eigenvalue weighted by molar-refractivity contribution is 9.10. The first-order valence-electron chi connectivity index (χ1n) is 13.9. The number of para-hydroxylation sites is 2. The number of benzene rings is 4. The van der Waals surface area contributed by atoms with Crippen molar-refractivity contribution in [2.24, 2.45) is 0 Å². The summed E-state index contributed by atoms with van der Waals surface area (Å²) in [5, 5.41) is 11.7. The molecule has 0 aliphatic carbocycles. The molecule has 0 saturated carbocycles. The molecule has 1 amide bonds. The van der Waals surface area contributed by atoms with Gasteiger partial charge in [0.25, 0.3) is 0 Å². The van der Waals surface area contributed by atoms with Crippen LogP contribution in [0.2, 0.25) is 5.02 Å². The van der Waals surface area contributed by atoms with E-state index in [2.05, 4.69) is 26.3 Å². The number of halogens is 3. The standard InChI is InChI=1S/C33H31BrClN3O5.ClH/c1-42-31-19-22(28(34)21-27(31)33(40)41)20-32(39)38(30-8-4-3-7-29(30)37-17-5-2-6-18-37)36-24-11-15-26(16-12-24)43-25-13-9-23(35)10-14-25;/h3-4,7-16,19,21,36H,2,5-6,17-18,20H2,1H3,(H,40,41);1H. The largest absolute Gasteiger partial charge is 0.496 e. The van der Waals surface area contributed by atoms with Crippen molar-refractivity contribution in [1.82, 2.24) is 0 Å². The number of methoxy groups -OCH3 is 1. The number of carbonyl (C=O) groups is 2. The number of ether oxygens (including phenoxy) is 2. The minimum atomic E-state index is -1.11. The molecule has 0 unspecified atom stereocenters. The predicted octanol–water partition coefficient (Wildman–Crippen LogP) is 8.62. The van der Waals surface area contributed by atoms with Crippen molar-refractivity contribution < 1.29 is 24.2 Å². The normalized spacial score (nSPS) is 12.6. The van der Waals surface area contributed by atoms with E-state index in [9.17, 15) is 14.7 Å². The van der Waals surface area contributed by atoms with Gasteiger partial charge in [-0.1, -0.05) is 39.7 Å². The zero-order chi connectivity index (χ0) is 30.3. The number of hydrazine groups is 1. The molecule has 1 fully saturated rings. The van der Waals surface area contributed by atoms with Gasteiger partial charge in [0, 0.05) is 22.6 Å². The third-order valence-electron chi connectivity index (χ3n) is 7.15. The van der Waals surface area contributed by atoms with Gasteiger partial charge in [-0.2, -0.15) is 0 Å². The van der Waals surface area contributed by atoms with E-state index in [-0.39, 0.29) is 36.0 Å². The van der Waals surface area contributed by atoms with E-state index in [1.54, 1.807) is 35.3 Å². The number of piperidine rings is 1. The van der Waals surface area contributed by atoms with E-state index in [0.717, 1.165) is 37.3 Å². The molecule has 44 heavy (non-hydrogen) atoms. The average Bonchev–Trinajstić information content (AvgIpc) is 3.03. The van der Waals surface area contributed by atoms with Crippen molar-refractivity contribution in [3.8, 4) is 17.2 Å². The number of carboxylic acids is 1. The van der Waals surface area contributed by atoms with Crippen molar-refractivity contribution in [2.75, 3.05) is 35.5 Å². The fourth-order valence-corrected chi connectivity index (χ4v) is 5.60. The number of carbonyl (C=O) groups excluding carboxylic acids is 1. The summed E-state index contributed by atoms with van der Waals surface area (Å²) < 4.78 is 11.8. The van der Waals surface area contributed by atoms with E-state index in [4.69, 9.17) is 21.1 Å². The molecule has 5 rings (SSSR count). The SMILES string of the molecule is COc1cc(CC(=O)N(Nc2ccc(Oc3ccc(Cl)cc3)cc2)c2ccccc2N2CCCCC2)c(Br)cc1C(=O)O.Cl. The highest BCUT2D eigenvalue weighted by Crippen LogP contribution is 2.34. The van der Waals surface area contributed by atoms with Crippen molar-refractivity contribution in [2.45, 2.75) is 25.7 Å². The van der Waals surface area contributed by atoms with Gasteiger partial charge in [-0.15, -0.1) is 12.4 Å². The maximum Gasteiger partial charge on any atom is 0.339 e. The maximum absolute atomic E-state index is 14.1. The van der Waals surface area contributed by atoms with Gasteiger partial charge in [-0.3, -0.25) is 10.2 Å². The number of hydrogen-bond acceptors (Lipinski definition) is 6. The number of hydrogen-bond donors (Lipinski definition) is 2. The molecule has 1 heterocycles. The van der Waals surface area contributed by atoms with Gasteiger partial charge < -0.3 is 19.5 Å². The lowest BCUT2D eigenvalue weighted by Crippen LogP contribution is -2.39. The van der Waals surface area contributed by atoms with Gasteiger partial charge in [0.2, 0.25) is 5.91 Å². The number of anilines is 3. The Morgan fingerprint density at radius 3 is 2.23 bits per heavy atom. The molecule has 0 radical (unpaired) electrons. The van der Waals surface area contributed by atoms with Crippen LogP contribution >= 0.6 is 39.9 Å². The van der Waals surface area contributed by atoms with Crippen LogP contribution in [-0.2, 0) is 11.2 Å². The Balaban J connectivity index is 0.00000442. The van der Waals surface area contributed by atoms with Crippen LogP contribution in [0.1, 0.15) is 35.2 Å². The van der Waals surface area contributed by atoms with E-state index >= 15 is 0 Å². The molecule has 0 bridgehead atoms. The summed E-state index contributed by atoms with van der Waals surface area (Å²) in [5.74, 6) is 0.124. The molecular formula is C33H32BrCl2N3O5. The number of amides is 1. The van der Waals surface area contributed by atoms with Crippen LogP contribution in [-0.4, -0.2) is 37.2 Å². The van der Waals surface area contributed by atoms with Gasteiger partial charge in [-0.25, -0.2) is 9.80 Å². The summed E-state index contributed by atoms with van der Waals surface area (Å²) in [7, 11) is 1.41. The third-order valence-corrected chi connectivity index (χ3v) is 8.14. The van der Waals surface area contributed by atoms with Crippen LogP contribution < -0.4 is 24.8 Å².